The molecule has 0 amide bonds. The molecule has 0 aromatic heterocycles. The summed E-state index contributed by atoms with van der Waals surface area (Å²) in [4.78, 5) is 2.51. The number of rotatable bonds is 4. The van der Waals surface area contributed by atoms with E-state index in [9.17, 15) is 0 Å². The molecule has 3 aliphatic rings. The zero-order valence-corrected chi connectivity index (χ0v) is 13.2. The highest BCUT2D eigenvalue weighted by Crippen LogP contribution is 2.46. The van der Waals surface area contributed by atoms with Crippen LogP contribution >= 0.6 is 11.8 Å². The highest BCUT2D eigenvalue weighted by atomic mass is 32.2. The van der Waals surface area contributed by atoms with Gasteiger partial charge in [0.2, 0.25) is 6.79 Å². The molecule has 1 spiro atoms. The number of hydrogen-bond acceptors (Lipinski definition) is 5. The van der Waals surface area contributed by atoms with Crippen molar-refractivity contribution in [3.8, 4) is 11.5 Å². The number of hydrogen-bond donors (Lipinski definition) is 0. The topological polar surface area (TPSA) is 30.9 Å². The Hall–Kier alpha value is -0.910. The maximum Gasteiger partial charge on any atom is 0.231 e. The number of benzene rings is 1. The zero-order valence-electron chi connectivity index (χ0n) is 12.3. The van der Waals surface area contributed by atoms with Gasteiger partial charge in [0.15, 0.2) is 11.5 Å². The summed E-state index contributed by atoms with van der Waals surface area (Å²) in [6, 6.07) is 6.27. The molecule has 0 saturated carbocycles. The van der Waals surface area contributed by atoms with E-state index < -0.39 is 0 Å². The SMILES string of the molecule is CCO[C@H]1CSC2(C1)CN(Cc1ccc3c(c1)OCO3)C2. The first-order valence-electron chi connectivity index (χ1n) is 7.63. The molecule has 0 radical (unpaired) electrons. The molecule has 0 aliphatic carbocycles. The Morgan fingerprint density at radius 1 is 1.33 bits per heavy atom. The standard InChI is InChI=1S/C16H21NO3S/c1-2-18-13-6-16(21-8-13)9-17(10-16)7-12-3-4-14-15(5-12)20-11-19-14/h3-5,13H,2,6-11H2,1H3/t13-/m1/s1. The molecule has 1 atom stereocenters. The fraction of sp³-hybridized carbons (Fsp3) is 0.625. The van der Waals surface area contributed by atoms with Gasteiger partial charge >= 0.3 is 0 Å². The first kappa shape index (κ1) is 13.7. The van der Waals surface area contributed by atoms with Crippen molar-refractivity contribution in [3.05, 3.63) is 23.8 Å². The molecule has 2 saturated heterocycles. The van der Waals surface area contributed by atoms with Gasteiger partial charge in [-0.1, -0.05) is 6.07 Å². The van der Waals surface area contributed by atoms with Gasteiger partial charge in [0.1, 0.15) is 0 Å². The van der Waals surface area contributed by atoms with Crippen LogP contribution in [0, 0.1) is 0 Å². The lowest BCUT2D eigenvalue weighted by Gasteiger charge is -2.47. The highest BCUT2D eigenvalue weighted by Gasteiger charge is 2.49. The van der Waals surface area contributed by atoms with Crippen LogP contribution in [0.4, 0.5) is 0 Å². The van der Waals surface area contributed by atoms with E-state index in [1.54, 1.807) is 0 Å². The molecule has 21 heavy (non-hydrogen) atoms. The molecule has 4 rings (SSSR count). The molecule has 114 valence electrons. The van der Waals surface area contributed by atoms with Crippen molar-refractivity contribution in [2.45, 2.75) is 30.7 Å². The lowest BCUT2D eigenvalue weighted by Crippen LogP contribution is -2.58. The Balaban J connectivity index is 1.32. The summed E-state index contributed by atoms with van der Waals surface area (Å²) in [6.07, 6.45) is 1.68. The summed E-state index contributed by atoms with van der Waals surface area (Å²) in [5.74, 6) is 2.91. The molecule has 3 aliphatic heterocycles. The van der Waals surface area contributed by atoms with Crippen molar-refractivity contribution in [1.29, 1.82) is 0 Å². The van der Waals surface area contributed by atoms with Gasteiger partial charge in [-0.3, -0.25) is 4.90 Å². The highest BCUT2D eigenvalue weighted by molar-refractivity contribution is 8.01. The maximum absolute atomic E-state index is 5.77. The Morgan fingerprint density at radius 2 is 2.19 bits per heavy atom. The lowest BCUT2D eigenvalue weighted by atomic mass is 9.92. The van der Waals surface area contributed by atoms with Gasteiger partial charge in [-0.15, -0.1) is 11.8 Å². The van der Waals surface area contributed by atoms with Crippen molar-refractivity contribution in [3.63, 3.8) is 0 Å². The Morgan fingerprint density at radius 3 is 3.05 bits per heavy atom. The number of ether oxygens (including phenoxy) is 3. The third-order valence-electron chi connectivity index (χ3n) is 4.44. The molecule has 1 aromatic carbocycles. The number of nitrogens with zero attached hydrogens (tertiary/aromatic N) is 1. The summed E-state index contributed by atoms with van der Waals surface area (Å²) in [6.45, 7) is 6.62. The average Bonchev–Trinajstić information content (AvgIpc) is 3.05. The predicted octanol–water partition coefficient (Wildman–Crippen LogP) is 2.51. The zero-order chi connectivity index (χ0) is 14.3. The summed E-state index contributed by atoms with van der Waals surface area (Å²) >= 11 is 2.10. The molecule has 2 fully saturated rings. The molecule has 5 heteroatoms. The van der Waals surface area contributed by atoms with Gasteiger partial charge in [-0.05, 0) is 31.0 Å². The molecule has 0 unspecified atom stereocenters. The van der Waals surface area contributed by atoms with Gasteiger partial charge in [0.25, 0.3) is 0 Å². The van der Waals surface area contributed by atoms with E-state index in [2.05, 4.69) is 35.7 Å². The quantitative estimate of drug-likeness (QED) is 0.853. The number of likely N-dealkylation sites (tertiary alicyclic amines) is 1. The molecular formula is C16H21NO3S. The Kier molecular flexibility index (Phi) is 3.52. The summed E-state index contributed by atoms with van der Waals surface area (Å²) in [5.41, 5.74) is 1.30. The molecule has 3 heterocycles. The number of fused-ring (bicyclic) bond motifs is 1. The van der Waals surface area contributed by atoms with E-state index in [1.807, 2.05) is 6.07 Å². The van der Waals surface area contributed by atoms with E-state index in [0.29, 0.717) is 17.6 Å². The third kappa shape index (κ3) is 2.62. The van der Waals surface area contributed by atoms with E-state index >= 15 is 0 Å². The predicted molar refractivity (Wildman–Crippen MR) is 83.1 cm³/mol. The summed E-state index contributed by atoms with van der Waals surface area (Å²) in [7, 11) is 0. The van der Waals surface area contributed by atoms with Crippen LogP contribution in [0.2, 0.25) is 0 Å². The first-order valence-corrected chi connectivity index (χ1v) is 8.61. The van der Waals surface area contributed by atoms with E-state index in [0.717, 1.165) is 30.4 Å². The lowest BCUT2D eigenvalue weighted by molar-refractivity contribution is 0.0417. The molecule has 1 aromatic rings. The van der Waals surface area contributed by atoms with Gasteiger partial charge in [0.05, 0.1) is 6.10 Å². The fourth-order valence-corrected chi connectivity index (χ4v) is 5.15. The Labute approximate surface area is 129 Å². The van der Waals surface area contributed by atoms with Crippen LogP contribution in [-0.2, 0) is 11.3 Å². The van der Waals surface area contributed by atoms with Crippen LogP contribution in [0.15, 0.2) is 18.2 Å². The minimum absolute atomic E-state index is 0.348. The van der Waals surface area contributed by atoms with Crippen molar-refractivity contribution in [1.82, 2.24) is 4.90 Å². The fourth-order valence-electron chi connectivity index (χ4n) is 3.54. The second kappa shape index (κ2) is 5.38. The second-order valence-corrected chi connectivity index (χ2v) is 7.60. The van der Waals surface area contributed by atoms with Crippen LogP contribution in [-0.4, -0.2) is 48.0 Å². The van der Waals surface area contributed by atoms with Crippen LogP contribution in [0.25, 0.3) is 0 Å². The van der Waals surface area contributed by atoms with Crippen molar-refractivity contribution in [2.75, 3.05) is 32.2 Å². The van der Waals surface area contributed by atoms with Crippen LogP contribution in [0.1, 0.15) is 18.9 Å². The van der Waals surface area contributed by atoms with Crippen LogP contribution < -0.4 is 9.47 Å². The third-order valence-corrected chi connectivity index (χ3v) is 6.02. The monoisotopic (exact) mass is 307 g/mol. The van der Waals surface area contributed by atoms with Gasteiger partial charge in [0, 0.05) is 36.7 Å². The largest absolute Gasteiger partial charge is 0.454 e. The molecule has 0 N–H and O–H groups in total. The Bertz CT molecular complexity index is 530. The van der Waals surface area contributed by atoms with Gasteiger partial charge in [-0.25, -0.2) is 0 Å². The van der Waals surface area contributed by atoms with Crippen molar-refractivity contribution < 1.29 is 14.2 Å². The molecule has 0 bridgehead atoms. The van der Waals surface area contributed by atoms with Gasteiger partial charge < -0.3 is 14.2 Å². The normalized spacial score (nSPS) is 26.2. The van der Waals surface area contributed by atoms with E-state index in [-0.39, 0.29) is 0 Å². The minimum atomic E-state index is 0.348. The van der Waals surface area contributed by atoms with Crippen molar-refractivity contribution in [2.24, 2.45) is 0 Å². The summed E-state index contributed by atoms with van der Waals surface area (Å²) < 4.78 is 17.0. The van der Waals surface area contributed by atoms with Crippen molar-refractivity contribution >= 4 is 11.8 Å². The van der Waals surface area contributed by atoms with E-state index in [1.165, 1.54) is 25.1 Å². The first-order chi connectivity index (χ1) is 10.3. The summed E-state index contributed by atoms with van der Waals surface area (Å²) in [5, 5.41) is 0. The minimum Gasteiger partial charge on any atom is -0.454 e. The van der Waals surface area contributed by atoms with Crippen LogP contribution in [0.3, 0.4) is 0 Å². The van der Waals surface area contributed by atoms with Crippen LogP contribution in [0.5, 0.6) is 11.5 Å². The van der Waals surface area contributed by atoms with E-state index in [4.69, 9.17) is 14.2 Å². The maximum atomic E-state index is 5.77. The number of thioether (sulfide) groups is 1. The average molecular weight is 307 g/mol. The smallest absolute Gasteiger partial charge is 0.231 e. The second-order valence-electron chi connectivity index (χ2n) is 6.11. The molecular weight excluding hydrogens is 286 g/mol. The van der Waals surface area contributed by atoms with Gasteiger partial charge in [-0.2, -0.15) is 0 Å². The molecule has 4 nitrogen and oxygen atoms in total.